The quantitative estimate of drug-likeness (QED) is 0.177. The van der Waals surface area contributed by atoms with E-state index in [0.29, 0.717) is 16.8 Å². The van der Waals surface area contributed by atoms with Gasteiger partial charge in [0.05, 0.1) is 35.4 Å². The molecule has 6 heteroatoms. The zero-order chi connectivity index (χ0) is 38.9. The van der Waals surface area contributed by atoms with Gasteiger partial charge in [0.2, 0.25) is 0 Å². The van der Waals surface area contributed by atoms with Gasteiger partial charge < -0.3 is 14.7 Å². The molecule has 0 saturated heterocycles. The van der Waals surface area contributed by atoms with Gasteiger partial charge >= 0.3 is 5.97 Å². The number of carbonyl (C=O) groups is 1. The van der Waals surface area contributed by atoms with E-state index in [0.717, 1.165) is 89.3 Å². The molecule has 2 aliphatic heterocycles. The highest BCUT2D eigenvalue weighted by molar-refractivity contribution is 6.04. The third kappa shape index (κ3) is 6.12. The fraction of sp³-hybridized carbons (Fsp3) is 0.204. The molecule has 0 spiro atoms. The van der Waals surface area contributed by atoms with Crippen molar-refractivity contribution in [3.05, 3.63) is 139 Å². The van der Waals surface area contributed by atoms with Crippen molar-refractivity contribution in [3.8, 4) is 33.4 Å². The number of ether oxygens (including phenoxy) is 1. The molecule has 0 unspecified atom stereocenters. The number of aryl methyl sites for hydroxylation is 9. The molecule has 3 aromatic carbocycles. The van der Waals surface area contributed by atoms with Gasteiger partial charge in [0, 0.05) is 33.2 Å². The molecule has 5 heterocycles. The van der Waals surface area contributed by atoms with Gasteiger partial charge in [0.25, 0.3) is 0 Å². The fourth-order valence-electron chi connectivity index (χ4n) is 9.03. The summed E-state index contributed by atoms with van der Waals surface area (Å²) in [6.07, 6.45) is 8.19. The van der Waals surface area contributed by atoms with Crippen molar-refractivity contribution in [2.24, 2.45) is 0 Å². The standard InChI is InChI=1S/C49H46N4O2/c1-25-19-28(4)42(29(5)20-25)45-34-11-13-36(50-34)46(43-30(6)21-26(2)22-31(43)7)38-15-17-40(52-38)48(49(54)55-10)41-18-16-39(53-41)47(37-14-12-35(45)51-37)44-32(8)23-27(3)24-33(44)9/h11-24,50,53H,1-10H3. The van der Waals surface area contributed by atoms with E-state index >= 15 is 0 Å². The summed E-state index contributed by atoms with van der Waals surface area (Å²) in [5, 5.41) is 0. The number of aromatic amines is 2. The number of hydrogen-bond acceptors (Lipinski definition) is 4. The molecule has 6 aromatic rings. The Hall–Kier alpha value is -6.27. The molecule has 2 N–H and O–H groups in total. The number of aromatic nitrogens is 4. The lowest BCUT2D eigenvalue weighted by Gasteiger charge is -2.14. The number of nitrogens with one attached hydrogen (secondary N) is 2. The van der Waals surface area contributed by atoms with Crippen molar-refractivity contribution in [1.82, 2.24) is 19.9 Å². The summed E-state index contributed by atoms with van der Waals surface area (Å²) in [5.74, 6) is -0.466. The molecule has 0 radical (unpaired) electrons. The molecule has 0 amide bonds. The second-order valence-electron chi connectivity index (χ2n) is 15.3. The molecule has 8 bridgehead atoms. The Morgan fingerprint density at radius 1 is 0.436 bits per heavy atom. The van der Waals surface area contributed by atoms with Crippen LogP contribution in [-0.4, -0.2) is 33.0 Å². The van der Waals surface area contributed by atoms with Gasteiger partial charge in [-0.3, -0.25) is 0 Å². The van der Waals surface area contributed by atoms with Gasteiger partial charge in [-0.25, -0.2) is 14.8 Å². The number of hydrogen-bond donors (Lipinski definition) is 2. The summed E-state index contributed by atoms with van der Waals surface area (Å²) in [6.45, 7) is 19.4. The molecule has 0 aliphatic carbocycles. The highest BCUT2D eigenvalue weighted by atomic mass is 16.5. The SMILES string of the molecule is COC(=O)c1c2nc(c(-c3c(C)cc(C)cc3C)c3ccc([nH]3)c(-c3c(C)cc(C)cc3C)c3nc(c(-c4c(C)cc(C)cc4C)c4ccc1[nH]4)C=C3)C=C2. The smallest absolute Gasteiger partial charge is 0.342 e. The molecule has 8 rings (SSSR count). The van der Waals surface area contributed by atoms with E-state index in [2.05, 4.69) is 133 Å². The van der Waals surface area contributed by atoms with E-state index in [1.54, 1.807) is 0 Å². The van der Waals surface area contributed by atoms with Gasteiger partial charge in [-0.1, -0.05) is 53.1 Å². The Labute approximate surface area is 322 Å². The van der Waals surface area contributed by atoms with Crippen molar-refractivity contribution in [2.45, 2.75) is 62.3 Å². The zero-order valence-corrected chi connectivity index (χ0v) is 33.3. The van der Waals surface area contributed by atoms with E-state index in [9.17, 15) is 4.79 Å². The highest BCUT2D eigenvalue weighted by Crippen LogP contribution is 2.41. The number of carbonyl (C=O) groups excluding carboxylic acids is 1. The largest absolute Gasteiger partial charge is 0.465 e. The van der Waals surface area contributed by atoms with Crippen LogP contribution in [0.1, 0.15) is 83.2 Å². The summed E-state index contributed by atoms with van der Waals surface area (Å²) in [7, 11) is 1.41. The molecular weight excluding hydrogens is 677 g/mol. The van der Waals surface area contributed by atoms with Gasteiger partial charge in [0.15, 0.2) is 0 Å². The van der Waals surface area contributed by atoms with Crippen LogP contribution in [0.2, 0.25) is 0 Å². The van der Waals surface area contributed by atoms with Gasteiger partial charge in [0.1, 0.15) is 5.56 Å². The zero-order valence-electron chi connectivity index (χ0n) is 33.3. The van der Waals surface area contributed by atoms with Gasteiger partial charge in [-0.15, -0.1) is 0 Å². The van der Waals surface area contributed by atoms with Crippen LogP contribution in [0.25, 0.3) is 79.8 Å². The van der Waals surface area contributed by atoms with Crippen LogP contribution in [0, 0.1) is 62.3 Å². The number of nitrogens with zero attached hydrogens (tertiary/aromatic N) is 2. The third-order valence-corrected chi connectivity index (χ3v) is 10.9. The second-order valence-corrected chi connectivity index (χ2v) is 15.3. The third-order valence-electron chi connectivity index (χ3n) is 10.9. The van der Waals surface area contributed by atoms with Gasteiger partial charge in [-0.05, 0) is 161 Å². The van der Waals surface area contributed by atoms with Crippen LogP contribution in [-0.2, 0) is 4.74 Å². The lowest BCUT2D eigenvalue weighted by molar-refractivity contribution is 0.0602. The average Bonchev–Trinajstić information content (AvgIpc) is 3.94. The predicted octanol–water partition coefficient (Wildman–Crippen LogP) is 12.2. The maximum atomic E-state index is 13.7. The Bertz CT molecular complexity index is 2740. The minimum absolute atomic E-state index is 0.366. The van der Waals surface area contributed by atoms with Crippen molar-refractivity contribution in [1.29, 1.82) is 0 Å². The molecule has 55 heavy (non-hydrogen) atoms. The molecule has 0 saturated carbocycles. The minimum atomic E-state index is -0.466. The van der Waals surface area contributed by atoms with Crippen molar-refractivity contribution < 1.29 is 9.53 Å². The molecule has 2 aliphatic rings. The number of methoxy groups -OCH3 is 1. The van der Waals surface area contributed by atoms with Crippen LogP contribution in [0.3, 0.4) is 0 Å². The molecule has 0 atom stereocenters. The fourth-order valence-corrected chi connectivity index (χ4v) is 9.03. The Morgan fingerprint density at radius 2 is 0.727 bits per heavy atom. The molecule has 0 fully saturated rings. The lowest BCUT2D eigenvalue weighted by Crippen LogP contribution is -2.04. The first-order chi connectivity index (χ1) is 26.3. The van der Waals surface area contributed by atoms with E-state index in [-0.39, 0.29) is 0 Å². The molecule has 6 nitrogen and oxygen atoms in total. The summed E-state index contributed by atoms with van der Waals surface area (Å²) < 4.78 is 5.41. The van der Waals surface area contributed by atoms with Crippen molar-refractivity contribution >= 4 is 52.3 Å². The normalized spacial score (nSPS) is 12.1. The number of H-pyrrole nitrogens is 2. The van der Waals surface area contributed by atoms with E-state index in [1.165, 1.54) is 34.9 Å². The Balaban J connectivity index is 1.63. The van der Waals surface area contributed by atoms with Crippen LogP contribution in [0.15, 0.2) is 60.7 Å². The first-order valence-electron chi connectivity index (χ1n) is 18.8. The van der Waals surface area contributed by atoms with Gasteiger partial charge in [-0.2, -0.15) is 0 Å². The maximum Gasteiger partial charge on any atom is 0.342 e. The molecular formula is C49H46N4O2. The van der Waals surface area contributed by atoms with Crippen molar-refractivity contribution in [3.63, 3.8) is 0 Å². The van der Waals surface area contributed by atoms with Crippen molar-refractivity contribution in [2.75, 3.05) is 7.11 Å². The number of rotatable bonds is 4. The number of fused-ring (bicyclic) bond motifs is 8. The topological polar surface area (TPSA) is 83.7 Å². The first-order valence-corrected chi connectivity index (χ1v) is 18.8. The van der Waals surface area contributed by atoms with E-state index < -0.39 is 5.97 Å². The second kappa shape index (κ2) is 13.5. The number of benzene rings is 3. The molecule has 274 valence electrons. The summed E-state index contributed by atoms with van der Waals surface area (Å²) in [6, 6.07) is 21.7. The lowest BCUT2D eigenvalue weighted by atomic mass is 9.92. The monoisotopic (exact) mass is 722 g/mol. The predicted molar refractivity (Wildman–Crippen MR) is 229 cm³/mol. The minimum Gasteiger partial charge on any atom is -0.465 e. The summed E-state index contributed by atoms with van der Waals surface area (Å²) in [5.41, 5.74) is 23.6. The summed E-state index contributed by atoms with van der Waals surface area (Å²) >= 11 is 0. The summed E-state index contributed by atoms with van der Waals surface area (Å²) in [4.78, 5) is 31.9. The number of esters is 1. The highest BCUT2D eigenvalue weighted by Gasteiger charge is 2.23. The average molecular weight is 723 g/mol. The van der Waals surface area contributed by atoms with E-state index in [1.807, 2.05) is 24.3 Å². The van der Waals surface area contributed by atoms with Crippen LogP contribution >= 0.6 is 0 Å². The van der Waals surface area contributed by atoms with Crippen LogP contribution in [0.5, 0.6) is 0 Å². The maximum absolute atomic E-state index is 13.7. The molecule has 3 aromatic heterocycles. The van der Waals surface area contributed by atoms with Crippen LogP contribution < -0.4 is 0 Å². The van der Waals surface area contributed by atoms with E-state index in [4.69, 9.17) is 14.7 Å². The Kier molecular flexibility index (Phi) is 8.80. The first kappa shape index (κ1) is 35.7. The van der Waals surface area contributed by atoms with Crippen LogP contribution in [0.4, 0.5) is 0 Å². The Morgan fingerprint density at radius 3 is 1.07 bits per heavy atom.